The van der Waals surface area contributed by atoms with Gasteiger partial charge in [0.1, 0.15) is 5.75 Å². The van der Waals surface area contributed by atoms with Crippen molar-refractivity contribution < 1.29 is 9.53 Å². The van der Waals surface area contributed by atoms with Gasteiger partial charge in [-0.25, -0.2) is 4.98 Å². The number of carbonyl (C=O) groups is 1. The first-order valence-corrected chi connectivity index (χ1v) is 10.5. The summed E-state index contributed by atoms with van der Waals surface area (Å²) in [5.74, 6) is 0.698. The number of nitrogens with one attached hydrogen (secondary N) is 2. The lowest BCUT2D eigenvalue weighted by Gasteiger charge is -2.28. The summed E-state index contributed by atoms with van der Waals surface area (Å²) >= 11 is 0. The quantitative estimate of drug-likeness (QED) is 0.516. The zero-order valence-corrected chi connectivity index (χ0v) is 17.6. The molecule has 1 aromatic carbocycles. The van der Waals surface area contributed by atoms with E-state index in [1.54, 1.807) is 30.1 Å². The summed E-state index contributed by atoms with van der Waals surface area (Å²) in [4.78, 5) is 17.3. The van der Waals surface area contributed by atoms with Gasteiger partial charge >= 0.3 is 0 Å². The molecule has 1 aliphatic rings. The van der Waals surface area contributed by atoms with Gasteiger partial charge in [-0.3, -0.25) is 9.48 Å². The second-order valence-electron chi connectivity index (χ2n) is 7.91. The standard InChI is InChI=1S/C22H25N7O2/c1-23-15-5-7-16(8-6-15)28-13-14-10-17(19(31-2)11-18(14)27-28)22(30)26-21-12-24-20-4-3-9-25-29(20)21/h3-4,9-13,15-16,23H,5-8H2,1-2H3,(H,26,30)/t15-,16-. The van der Waals surface area contributed by atoms with Gasteiger partial charge in [0.2, 0.25) is 0 Å². The lowest BCUT2D eigenvalue weighted by Crippen LogP contribution is -2.31. The Kier molecular flexibility index (Phi) is 5.03. The third-order valence-corrected chi connectivity index (χ3v) is 6.09. The molecule has 0 saturated heterocycles. The first-order chi connectivity index (χ1) is 15.2. The molecule has 4 aromatic rings. The maximum Gasteiger partial charge on any atom is 0.260 e. The maximum atomic E-state index is 13.1. The fourth-order valence-corrected chi connectivity index (χ4v) is 4.33. The number of ether oxygens (including phenoxy) is 1. The number of hydrogen-bond acceptors (Lipinski definition) is 6. The number of amides is 1. The van der Waals surface area contributed by atoms with Crippen LogP contribution in [0.1, 0.15) is 42.1 Å². The fourth-order valence-electron chi connectivity index (χ4n) is 4.33. The van der Waals surface area contributed by atoms with E-state index in [9.17, 15) is 4.79 Å². The Balaban J connectivity index is 1.43. The largest absolute Gasteiger partial charge is 0.496 e. The molecule has 1 saturated carbocycles. The van der Waals surface area contributed by atoms with Crippen molar-refractivity contribution in [1.29, 1.82) is 0 Å². The van der Waals surface area contributed by atoms with Crippen molar-refractivity contribution in [1.82, 2.24) is 29.7 Å². The Labute approximate surface area is 179 Å². The molecule has 3 heterocycles. The van der Waals surface area contributed by atoms with E-state index in [0.717, 1.165) is 36.6 Å². The summed E-state index contributed by atoms with van der Waals surface area (Å²) in [6.45, 7) is 0. The molecule has 1 amide bonds. The van der Waals surface area contributed by atoms with Gasteiger partial charge in [-0.05, 0) is 50.9 Å². The first kappa shape index (κ1) is 19.5. The predicted molar refractivity (Wildman–Crippen MR) is 118 cm³/mol. The summed E-state index contributed by atoms with van der Waals surface area (Å²) in [5, 5.41) is 16.2. The van der Waals surface area contributed by atoms with E-state index in [0.29, 0.717) is 34.9 Å². The van der Waals surface area contributed by atoms with Crippen LogP contribution < -0.4 is 15.4 Å². The summed E-state index contributed by atoms with van der Waals surface area (Å²) in [6.07, 6.45) is 9.73. The average molecular weight is 419 g/mol. The van der Waals surface area contributed by atoms with Crippen molar-refractivity contribution in [2.24, 2.45) is 0 Å². The van der Waals surface area contributed by atoms with Crippen LogP contribution in [0.4, 0.5) is 5.82 Å². The number of hydrogen-bond donors (Lipinski definition) is 2. The number of imidazole rings is 1. The van der Waals surface area contributed by atoms with Crippen LogP contribution in [0.2, 0.25) is 0 Å². The Morgan fingerprint density at radius 3 is 2.84 bits per heavy atom. The molecule has 1 aliphatic carbocycles. The highest BCUT2D eigenvalue weighted by molar-refractivity contribution is 6.08. The van der Waals surface area contributed by atoms with Crippen molar-refractivity contribution in [2.75, 3.05) is 19.5 Å². The molecular formula is C22H25N7O2. The van der Waals surface area contributed by atoms with Crippen molar-refractivity contribution in [3.63, 3.8) is 0 Å². The maximum absolute atomic E-state index is 13.1. The molecule has 31 heavy (non-hydrogen) atoms. The molecule has 0 radical (unpaired) electrons. The van der Waals surface area contributed by atoms with Crippen molar-refractivity contribution in [3.05, 3.63) is 48.4 Å². The molecule has 0 aliphatic heterocycles. The van der Waals surface area contributed by atoms with Gasteiger partial charge in [0.25, 0.3) is 5.91 Å². The molecule has 1 fully saturated rings. The number of carbonyl (C=O) groups excluding carboxylic acids is 1. The number of aromatic nitrogens is 5. The van der Waals surface area contributed by atoms with Crippen LogP contribution >= 0.6 is 0 Å². The highest BCUT2D eigenvalue weighted by Crippen LogP contribution is 2.31. The summed E-state index contributed by atoms with van der Waals surface area (Å²) in [6, 6.07) is 8.26. The molecule has 0 bridgehead atoms. The minimum atomic E-state index is -0.284. The van der Waals surface area contributed by atoms with E-state index in [4.69, 9.17) is 9.84 Å². The van der Waals surface area contributed by atoms with Gasteiger partial charge in [-0.15, -0.1) is 0 Å². The van der Waals surface area contributed by atoms with E-state index in [1.807, 2.05) is 36.1 Å². The zero-order valence-electron chi connectivity index (χ0n) is 17.6. The van der Waals surface area contributed by atoms with E-state index in [2.05, 4.69) is 20.7 Å². The number of fused-ring (bicyclic) bond motifs is 2. The minimum Gasteiger partial charge on any atom is -0.496 e. The third-order valence-electron chi connectivity index (χ3n) is 6.09. The topological polar surface area (TPSA) is 98.4 Å². The van der Waals surface area contributed by atoms with E-state index in [1.165, 1.54) is 0 Å². The Hall–Kier alpha value is -3.46. The zero-order chi connectivity index (χ0) is 21.4. The first-order valence-electron chi connectivity index (χ1n) is 10.5. The molecular weight excluding hydrogens is 394 g/mol. The van der Waals surface area contributed by atoms with Crippen LogP contribution in [0.15, 0.2) is 42.9 Å². The van der Waals surface area contributed by atoms with Gasteiger partial charge in [-0.2, -0.15) is 14.7 Å². The van der Waals surface area contributed by atoms with Crippen molar-refractivity contribution in [2.45, 2.75) is 37.8 Å². The van der Waals surface area contributed by atoms with Crippen LogP contribution in [0.3, 0.4) is 0 Å². The van der Waals surface area contributed by atoms with Crippen LogP contribution in [0.25, 0.3) is 16.6 Å². The van der Waals surface area contributed by atoms with Gasteiger partial charge in [-0.1, -0.05) is 0 Å². The van der Waals surface area contributed by atoms with Gasteiger partial charge in [0.15, 0.2) is 11.5 Å². The molecule has 160 valence electrons. The molecule has 0 atom stereocenters. The van der Waals surface area contributed by atoms with E-state index >= 15 is 0 Å². The molecule has 0 spiro atoms. The fraction of sp³-hybridized carbons (Fsp3) is 0.364. The average Bonchev–Trinajstić information content (AvgIpc) is 3.42. The number of nitrogens with zero attached hydrogens (tertiary/aromatic N) is 5. The van der Waals surface area contributed by atoms with E-state index in [-0.39, 0.29) is 5.91 Å². The number of rotatable bonds is 5. The Morgan fingerprint density at radius 2 is 2.06 bits per heavy atom. The molecule has 9 heteroatoms. The number of anilines is 1. The number of benzene rings is 1. The lowest BCUT2D eigenvalue weighted by atomic mass is 9.91. The molecule has 9 nitrogen and oxygen atoms in total. The summed E-state index contributed by atoms with van der Waals surface area (Å²) < 4.78 is 9.14. The SMILES string of the molecule is CN[C@H]1CC[C@H](n2cc3cc(C(=O)Nc4cnc5cccnn45)c(OC)cc3n2)CC1. The molecule has 0 unspecified atom stereocenters. The molecule has 2 N–H and O–H groups in total. The highest BCUT2D eigenvalue weighted by Gasteiger charge is 2.23. The summed E-state index contributed by atoms with van der Waals surface area (Å²) in [7, 11) is 3.58. The van der Waals surface area contributed by atoms with Crippen LogP contribution in [0.5, 0.6) is 5.75 Å². The molecule has 3 aromatic heterocycles. The van der Waals surface area contributed by atoms with Gasteiger partial charge < -0.3 is 15.4 Å². The Morgan fingerprint density at radius 1 is 1.23 bits per heavy atom. The predicted octanol–water partition coefficient (Wildman–Crippen LogP) is 3.04. The second-order valence-corrected chi connectivity index (χ2v) is 7.91. The number of methoxy groups -OCH3 is 1. The Bertz CT molecular complexity index is 1240. The van der Waals surface area contributed by atoms with Gasteiger partial charge in [0.05, 0.1) is 30.4 Å². The van der Waals surface area contributed by atoms with Crippen molar-refractivity contribution >= 4 is 28.3 Å². The van der Waals surface area contributed by atoms with Crippen molar-refractivity contribution in [3.8, 4) is 5.75 Å². The second kappa shape index (κ2) is 7.99. The van der Waals surface area contributed by atoms with Gasteiger partial charge in [0, 0.05) is 29.9 Å². The third kappa shape index (κ3) is 3.61. The normalized spacial score (nSPS) is 19.0. The van der Waals surface area contributed by atoms with Crippen LogP contribution in [-0.4, -0.2) is 50.5 Å². The van der Waals surface area contributed by atoms with Crippen LogP contribution in [0, 0.1) is 0 Å². The summed E-state index contributed by atoms with van der Waals surface area (Å²) in [5.41, 5.74) is 1.93. The molecule has 5 rings (SSSR count). The lowest BCUT2D eigenvalue weighted by molar-refractivity contribution is 0.102. The monoisotopic (exact) mass is 419 g/mol. The van der Waals surface area contributed by atoms with E-state index < -0.39 is 0 Å². The highest BCUT2D eigenvalue weighted by atomic mass is 16.5. The minimum absolute atomic E-state index is 0.284. The van der Waals surface area contributed by atoms with Crippen LogP contribution in [-0.2, 0) is 0 Å². The smallest absolute Gasteiger partial charge is 0.260 e.